The summed E-state index contributed by atoms with van der Waals surface area (Å²) in [5.41, 5.74) is -2.75. The molecule has 39 heavy (non-hydrogen) atoms. The van der Waals surface area contributed by atoms with E-state index < -0.39 is 34.8 Å². The number of benzene rings is 3. The fourth-order valence-electron chi connectivity index (χ4n) is 5.29. The van der Waals surface area contributed by atoms with Crippen LogP contribution in [-0.4, -0.2) is 41.9 Å². The molecule has 1 aliphatic rings. The predicted octanol–water partition coefficient (Wildman–Crippen LogP) is 7.13. The summed E-state index contributed by atoms with van der Waals surface area (Å²) in [6.45, 7) is 4.53. The van der Waals surface area contributed by atoms with Gasteiger partial charge in [0.1, 0.15) is 0 Å². The lowest BCUT2D eigenvalue weighted by Crippen LogP contribution is -2.49. The van der Waals surface area contributed by atoms with Crippen molar-refractivity contribution in [3.05, 3.63) is 107 Å². The number of halogens is 6. The minimum atomic E-state index is -5.00. The molecular formula is C30H30F6N2O. The monoisotopic (exact) mass is 548 g/mol. The van der Waals surface area contributed by atoms with Crippen molar-refractivity contribution in [3.8, 4) is 0 Å². The second kappa shape index (κ2) is 10.7. The normalized spacial score (nSPS) is 18.8. The van der Waals surface area contributed by atoms with Crippen molar-refractivity contribution in [2.24, 2.45) is 0 Å². The molecule has 0 bridgehead atoms. The van der Waals surface area contributed by atoms with Crippen LogP contribution in [0.5, 0.6) is 0 Å². The molecule has 0 unspecified atom stereocenters. The molecule has 3 aromatic rings. The highest BCUT2D eigenvalue weighted by atomic mass is 19.4. The van der Waals surface area contributed by atoms with Crippen molar-refractivity contribution < 1.29 is 31.1 Å². The van der Waals surface area contributed by atoms with Crippen LogP contribution in [0.15, 0.2) is 78.9 Å². The van der Waals surface area contributed by atoms with E-state index in [1.54, 1.807) is 7.05 Å². The summed E-state index contributed by atoms with van der Waals surface area (Å²) < 4.78 is 81.1. The summed E-state index contributed by atoms with van der Waals surface area (Å²) in [5, 5.41) is 0. The Bertz CT molecular complexity index is 1260. The maximum absolute atomic E-state index is 13.9. The Morgan fingerprint density at radius 3 is 1.79 bits per heavy atom. The number of carbonyl (C=O) groups excluding carboxylic acids is 1. The number of likely N-dealkylation sites (N-methyl/N-ethyl adjacent to an activating group) is 1. The van der Waals surface area contributed by atoms with E-state index in [-0.39, 0.29) is 23.6 Å². The van der Waals surface area contributed by atoms with Crippen molar-refractivity contribution >= 4 is 5.91 Å². The molecule has 0 aromatic heterocycles. The van der Waals surface area contributed by atoms with Crippen LogP contribution in [-0.2, 0) is 29.1 Å². The van der Waals surface area contributed by atoms with Gasteiger partial charge in [-0.2, -0.15) is 26.3 Å². The topological polar surface area (TPSA) is 23.6 Å². The third-order valence-corrected chi connectivity index (χ3v) is 7.50. The SMILES string of the molecule is CN(C(=O)C(C)(C)c1cc(C(F)(F)F)cc(C(F)(F)F)c1)[C@H]1CN(Cc2ccccc2)C[C@H]1c1ccccc1. The van der Waals surface area contributed by atoms with Gasteiger partial charge in [0, 0.05) is 32.6 Å². The highest BCUT2D eigenvalue weighted by Crippen LogP contribution is 2.40. The van der Waals surface area contributed by atoms with Gasteiger partial charge < -0.3 is 4.90 Å². The first kappa shape index (κ1) is 28.7. The van der Waals surface area contributed by atoms with E-state index >= 15 is 0 Å². The first-order valence-corrected chi connectivity index (χ1v) is 12.6. The number of carbonyl (C=O) groups is 1. The highest BCUT2D eigenvalue weighted by Gasteiger charge is 2.44. The van der Waals surface area contributed by atoms with Gasteiger partial charge in [0.2, 0.25) is 5.91 Å². The Morgan fingerprint density at radius 1 is 0.795 bits per heavy atom. The molecule has 0 aliphatic carbocycles. The molecule has 4 rings (SSSR count). The Morgan fingerprint density at radius 2 is 1.28 bits per heavy atom. The number of amides is 1. The summed E-state index contributed by atoms with van der Waals surface area (Å²) in [7, 11) is 1.58. The van der Waals surface area contributed by atoms with Crippen LogP contribution in [0.4, 0.5) is 26.3 Å². The molecule has 1 amide bonds. The summed E-state index contributed by atoms with van der Waals surface area (Å²) in [4.78, 5) is 17.6. The van der Waals surface area contributed by atoms with Gasteiger partial charge in [-0.1, -0.05) is 60.7 Å². The number of hydrogen-bond acceptors (Lipinski definition) is 2. The highest BCUT2D eigenvalue weighted by molar-refractivity contribution is 5.87. The van der Waals surface area contributed by atoms with Crippen LogP contribution in [0.25, 0.3) is 0 Å². The van der Waals surface area contributed by atoms with Crippen LogP contribution < -0.4 is 0 Å². The van der Waals surface area contributed by atoms with E-state index in [1.807, 2.05) is 60.7 Å². The molecule has 208 valence electrons. The maximum atomic E-state index is 13.9. The number of alkyl halides is 6. The maximum Gasteiger partial charge on any atom is 0.416 e. The molecule has 3 nitrogen and oxygen atoms in total. The molecule has 3 aromatic carbocycles. The van der Waals surface area contributed by atoms with Gasteiger partial charge >= 0.3 is 12.4 Å². The first-order valence-electron chi connectivity index (χ1n) is 12.6. The van der Waals surface area contributed by atoms with Crippen molar-refractivity contribution in [1.82, 2.24) is 9.80 Å². The smallest absolute Gasteiger partial charge is 0.340 e. The lowest BCUT2D eigenvalue weighted by atomic mass is 9.80. The van der Waals surface area contributed by atoms with E-state index in [2.05, 4.69) is 4.90 Å². The zero-order valence-electron chi connectivity index (χ0n) is 21.9. The van der Waals surface area contributed by atoms with Crippen LogP contribution in [0, 0.1) is 0 Å². The summed E-state index contributed by atoms with van der Waals surface area (Å²) in [6, 6.07) is 20.5. The lowest BCUT2D eigenvalue weighted by molar-refractivity contribution is -0.144. The van der Waals surface area contributed by atoms with Crippen LogP contribution >= 0.6 is 0 Å². The van der Waals surface area contributed by atoms with Crippen LogP contribution in [0.1, 0.15) is 47.6 Å². The quantitative estimate of drug-likeness (QED) is 0.306. The average Bonchev–Trinajstić information content (AvgIpc) is 3.31. The number of rotatable bonds is 6. The van der Waals surface area contributed by atoms with Gasteiger partial charge in [-0.25, -0.2) is 0 Å². The van der Waals surface area contributed by atoms with Crippen LogP contribution in [0.3, 0.4) is 0 Å². The molecule has 1 saturated heterocycles. The number of hydrogen-bond donors (Lipinski definition) is 0. The average molecular weight is 549 g/mol. The Kier molecular flexibility index (Phi) is 7.85. The van der Waals surface area contributed by atoms with E-state index in [1.165, 1.54) is 18.7 Å². The molecule has 1 fully saturated rings. The van der Waals surface area contributed by atoms with E-state index in [0.29, 0.717) is 31.8 Å². The van der Waals surface area contributed by atoms with Crippen LogP contribution in [0.2, 0.25) is 0 Å². The Labute approximate surface area is 224 Å². The van der Waals surface area contributed by atoms with Gasteiger partial charge in [0.25, 0.3) is 0 Å². The molecule has 0 radical (unpaired) electrons. The predicted molar refractivity (Wildman–Crippen MR) is 137 cm³/mol. The molecule has 0 N–H and O–H groups in total. The molecule has 1 aliphatic heterocycles. The Balaban J connectivity index is 1.67. The van der Waals surface area contributed by atoms with Crippen molar-refractivity contribution in [3.63, 3.8) is 0 Å². The second-order valence-electron chi connectivity index (χ2n) is 10.6. The number of nitrogens with zero attached hydrogens (tertiary/aromatic N) is 2. The fraction of sp³-hybridized carbons (Fsp3) is 0.367. The lowest BCUT2D eigenvalue weighted by Gasteiger charge is -2.36. The van der Waals surface area contributed by atoms with Gasteiger partial charge in [-0.05, 0) is 48.7 Å². The second-order valence-corrected chi connectivity index (χ2v) is 10.6. The van der Waals surface area contributed by atoms with E-state index in [4.69, 9.17) is 0 Å². The minimum Gasteiger partial charge on any atom is -0.340 e. The molecule has 0 spiro atoms. The zero-order chi connectivity index (χ0) is 28.6. The third kappa shape index (κ3) is 6.30. The molecule has 2 atom stereocenters. The standard InChI is InChI=1S/C30H30F6N2O/c1-28(2,22-14-23(29(31,32)33)16-24(15-22)30(34,35)36)27(39)37(3)26-19-38(17-20-10-6-4-7-11-20)18-25(26)21-12-8-5-9-13-21/h4-16,25-26H,17-19H2,1-3H3/t25-,26-/m0/s1. The first-order chi connectivity index (χ1) is 18.2. The van der Waals surface area contributed by atoms with Crippen molar-refractivity contribution in [2.75, 3.05) is 20.1 Å². The third-order valence-electron chi connectivity index (χ3n) is 7.50. The molecule has 9 heteroatoms. The minimum absolute atomic E-state index is 0.0810. The summed E-state index contributed by atoms with van der Waals surface area (Å²) >= 11 is 0. The van der Waals surface area contributed by atoms with Crippen molar-refractivity contribution in [2.45, 2.75) is 50.1 Å². The number of likely N-dealkylation sites (tertiary alicyclic amines) is 1. The zero-order valence-corrected chi connectivity index (χ0v) is 21.9. The summed E-state index contributed by atoms with van der Waals surface area (Å²) in [5.74, 6) is -0.644. The molecule has 0 saturated carbocycles. The van der Waals surface area contributed by atoms with E-state index in [9.17, 15) is 31.1 Å². The van der Waals surface area contributed by atoms with Gasteiger partial charge in [-0.15, -0.1) is 0 Å². The van der Waals surface area contributed by atoms with E-state index in [0.717, 1.165) is 11.1 Å². The van der Waals surface area contributed by atoms with Crippen molar-refractivity contribution in [1.29, 1.82) is 0 Å². The van der Waals surface area contributed by atoms with Gasteiger partial charge in [0.15, 0.2) is 0 Å². The van der Waals surface area contributed by atoms with Gasteiger partial charge in [0.05, 0.1) is 22.6 Å². The molecule has 1 heterocycles. The molecular weight excluding hydrogens is 518 g/mol. The largest absolute Gasteiger partial charge is 0.416 e. The Hall–Kier alpha value is -3.33. The van der Waals surface area contributed by atoms with Gasteiger partial charge in [-0.3, -0.25) is 9.69 Å². The fourth-order valence-corrected chi connectivity index (χ4v) is 5.29. The summed E-state index contributed by atoms with van der Waals surface area (Å²) in [6.07, 6.45) is -9.99.